The number of hydrogen-bond acceptors (Lipinski definition) is 3. The Kier molecular flexibility index (Phi) is 3.80. The van der Waals surface area contributed by atoms with Gasteiger partial charge in [-0.2, -0.15) is 0 Å². The van der Waals surface area contributed by atoms with Crippen molar-refractivity contribution in [1.29, 1.82) is 0 Å². The number of fused-ring (bicyclic) bond motifs is 1. The highest BCUT2D eigenvalue weighted by molar-refractivity contribution is 7.91. The second-order valence-electron chi connectivity index (χ2n) is 5.92. The van der Waals surface area contributed by atoms with Gasteiger partial charge in [-0.05, 0) is 42.9 Å². The zero-order valence-electron chi connectivity index (χ0n) is 12.4. The monoisotopic (exact) mass is 323 g/mol. The van der Waals surface area contributed by atoms with Crippen molar-refractivity contribution < 1.29 is 17.6 Å². The summed E-state index contributed by atoms with van der Waals surface area (Å²) in [6.45, 7) is 1.79. The summed E-state index contributed by atoms with van der Waals surface area (Å²) in [7, 11) is -3.43. The Morgan fingerprint density at radius 3 is 2.64 bits per heavy atom. The molecule has 2 aliphatic rings. The SMILES string of the molecule is C/C(=C(/F)C(=O)N1CCS(=O)(=O)c2ccccc2C1)C1CC1. The van der Waals surface area contributed by atoms with Gasteiger partial charge >= 0.3 is 0 Å². The van der Waals surface area contributed by atoms with Crippen LogP contribution in [-0.4, -0.2) is 31.5 Å². The highest BCUT2D eigenvalue weighted by atomic mass is 32.2. The van der Waals surface area contributed by atoms with Crippen LogP contribution in [0.25, 0.3) is 0 Å². The Labute approximate surface area is 129 Å². The van der Waals surface area contributed by atoms with Crippen molar-refractivity contribution >= 4 is 15.7 Å². The molecule has 4 nitrogen and oxygen atoms in total. The van der Waals surface area contributed by atoms with Crippen molar-refractivity contribution in [3.63, 3.8) is 0 Å². The molecule has 1 aromatic carbocycles. The van der Waals surface area contributed by atoms with Gasteiger partial charge in [0.1, 0.15) is 0 Å². The maximum Gasteiger partial charge on any atom is 0.282 e. The van der Waals surface area contributed by atoms with Gasteiger partial charge in [-0.15, -0.1) is 0 Å². The fraction of sp³-hybridized carbons (Fsp3) is 0.438. The number of halogens is 1. The molecule has 0 atom stereocenters. The van der Waals surface area contributed by atoms with E-state index in [4.69, 9.17) is 0 Å². The summed E-state index contributed by atoms with van der Waals surface area (Å²) in [5, 5.41) is 0. The number of carbonyl (C=O) groups excluding carboxylic acids is 1. The molecule has 1 aromatic rings. The van der Waals surface area contributed by atoms with E-state index in [0.717, 1.165) is 12.8 Å². The van der Waals surface area contributed by atoms with Crippen LogP contribution in [0, 0.1) is 5.92 Å². The summed E-state index contributed by atoms with van der Waals surface area (Å²) in [5.74, 6) is -1.42. The molecule has 6 heteroatoms. The predicted molar refractivity (Wildman–Crippen MR) is 80.4 cm³/mol. The van der Waals surface area contributed by atoms with E-state index in [-0.39, 0.29) is 29.7 Å². The lowest BCUT2D eigenvalue weighted by Crippen LogP contribution is -2.33. The van der Waals surface area contributed by atoms with Gasteiger partial charge in [-0.3, -0.25) is 4.79 Å². The van der Waals surface area contributed by atoms with Crippen molar-refractivity contribution in [2.75, 3.05) is 12.3 Å². The Balaban J connectivity index is 1.91. The summed E-state index contributed by atoms with van der Waals surface area (Å²) in [6, 6.07) is 6.60. The van der Waals surface area contributed by atoms with Gasteiger partial charge < -0.3 is 4.90 Å². The van der Waals surface area contributed by atoms with E-state index in [9.17, 15) is 17.6 Å². The first-order valence-electron chi connectivity index (χ1n) is 7.36. The zero-order chi connectivity index (χ0) is 15.9. The van der Waals surface area contributed by atoms with Gasteiger partial charge in [-0.25, -0.2) is 12.8 Å². The summed E-state index contributed by atoms with van der Waals surface area (Å²) in [6.07, 6.45) is 1.84. The van der Waals surface area contributed by atoms with Crippen LogP contribution >= 0.6 is 0 Å². The fourth-order valence-corrected chi connectivity index (χ4v) is 4.24. The van der Waals surface area contributed by atoms with E-state index < -0.39 is 21.6 Å². The second-order valence-corrected chi connectivity index (χ2v) is 8.00. The lowest BCUT2D eigenvalue weighted by Gasteiger charge is -2.20. The van der Waals surface area contributed by atoms with Crippen LogP contribution in [0.5, 0.6) is 0 Å². The Bertz CT molecular complexity index is 750. The summed E-state index contributed by atoms with van der Waals surface area (Å²) < 4.78 is 38.8. The van der Waals surface area contributed by atoms with E-state index >= 15 is 0 Å². The molecule has 3 rings (SSSR count). The largest absolute Gasteiger partial charge is 0.331 e. The number of carbonyl (C=O) groups is 1. The molecule has 1 aliphatic heterocycles. The normalized spacial score (nSPS) is 21.6. The molecule has 118 valence electrons. The molecular formula is C16H18FNO3S. The average Bonchev–Trinajstić information content (AvgIpc) is 3.34. The molecule has 1 fully saturated rings. The van der Waals surface area contributed by atoms with Gasteiger partial charge in [0.15, 0.2) is 15.7 Å². The van der Waals surface area contributed by atoms with Crippen LogP contribution < -0.4 is 0 Å². The number of sulfone groups is 1. The van der Waals surface area contributed by atoms with Crippen molar-refractivity contribution in [1.82, 2.24) is 4.90 Å². The number of rotatable bonds is 2. The molecule has 0 radical (unpaired) electrons. The highest BCUT2D eigenvalue weighted by Gasteiger charge is 2.32. The number of nitrogens with zero attached hydrogens (tertiary/aromatic N) is 1. The first-order chi connectivity index (χ1) is 10.4. The summed E-state index contributed by atoms with van der Waals surface area (Å²) >= 11 is 0. The lowest BCUT2D eigenvalue weighted by atomic mass is 10.1. The molecule has 1 amide bonds. The van der Waals surface area contributed by atoms with Crippen LogP contribution in [0.1, 0.15) is 25.3 Å². The van der Waals surface area contributed by atoms with Gasteiger partial charge in [0, 0.05) is 13.1 Å². The predicted octanol–water partition coefficient (Wildman–Crippen LogP) is 2.46. The van der Waals surface area contributed by atoms with Crippen LogP contribution in [0.3, 0.4) is 0 Å². The molecule has 1 heterocycles. The molecule has 0 N–H and O–H groups in total. The van der Waals surface area contributed by atoms with E-state index in [1.165, 1.54) is 4.90 Å². The standard InChI is InChI=1S/C16H18FNO3S/c1-11(12-6-7-12)15(17)16(19)18-8-9-22(20,21)14-5-3-2-4-13(14)10-18/h2-5,12H,6-10H2,1H3/b15-11-. The maximum atomic E-state index is 14.3. The Morgan fingerprint density at radius 2 is 1.95 bits per heavy atom. The van der Waals surface area contributed by atoms with Crippen LogP contribution in [0.15, 0.2) is 40.6 Å². The molecule has 0 saturated heterocycles. The minimum Gasteiger partial charge on any atom is -0.331 e. The van der Waals surface area contributed by atoms with Gasteiger partial charge in [0.2, 0.25) is 0 Å². The van der Waals surface area contributed by atoms with E-state index in [2.05, 4.69) is 0 Å². The quantitative estimate of drug-likeness (QED) is 0.786. The third-order valence-corrected chi connectivity index (χ3v) is 6.10. The topological polar surface area (TPSA) is 54.5 Å². The molecule has 1 saturated carbocycles. The average molecular weight is 323 g/mol. The molecule has 0 bridgehead atoms. The lowest BCUT2D eigenvalue weighted by molar-refractivity contribution is -0.129. The van der Waals surface area contributed by atoms with Crippen LogP contribution in [-0.2, 0) is 21.2 Å². The van der Waals surface area contributed by atoms with E-state index in [0.29, 0.717) is 11.1 Å². The minimum absolute atomic E-state index is 0.0151. The number of hydrogen-bond donors (Lipinski definition) is 0. The van der Waals surface area contributed by atoms with Crippen LogP contribution in [0.2, 0.25) is 0 Å². The zero-order valence-corrected chi connectivity index (χ0v) is 13.2. The smallest absolute Gasteiger partial charge is 0.282 e. The Hall–Kier alpha value is -1.69. The summed E-state index contributed by atoms with van der Waals surface area (Å²) in [5.41, 5.74) is 1.04. The van der Waals surface area contributed by atoms with Crippen LogP contribution in [0.4, 0.5) is 4.39 Å². The van der Waals surface area contributed by atoms with Crippen molar-refractivity contribution in [2.24, 2.45) is 5.92 Å². The molecule has 0 spiro atoms. The minimum atomic E-state index is -3.43. The van der Waals surface area contributed by atoms with Gasteiger partial charge in [-0.1, -0.05) is 18.2 Å². The maximum absolute atomic E-state index is 14.3. The fourth-order valence-electron chi connectivity index (χ4n) is 2.74. The molecule has 0 unspecified atom stereocenters. The number of amides is 1. The van der Waals surface area contributed by atoms with Crippen molar-refractivity contribution in [3.8, 4) is 0 Å². The highest BCUT2D eigenvalue weighted by Crippen LogP contribution is 2.38. The van der Waals surface area contributed by atoms with Crippen molar-refractivity contribution in [3.05, 3.63) is 41.2 Å². The summed E-state index contributed by atoms with van der Waals surface area (Å²) in [4.78, 5) is 13.9. The second kappa shape index (κ2) is 5.50. The molecule has 1 aliphatic carbocycles. The molecule has 0 aromatic heterocycles. The van der Waals surface area contributed by atoms with Gasteiger partial charge in [0.05, 0.1) is 10.6 Å². The van der Waals surface area contributed by atoms with Crippen molar-refractivity contribution in [2.45, 2.75) is 31.2 Å². The Morgan fingerprint density at radius 1 is 1.27 bits per heavy atom. The first kappa shape index (κ1) is 15.2. The molecule has 22 heavy (non-hydrogen) atoms. The first-order valence-corrected chi connectivity index (χ1v) is 9.01. The van der Waals surface area contributed by atoms with E-state index in [1.54, 1.807) is 31.2 Å². The van der Waals surface area contributed by atoms with Gasteiger partial charge in [0.25, 0.3) is 5.91 Å². The number of allylic oxidation sites excluding steroid dienone is 1. The third kappa shape index (κ3) is 2.79. The number of benzene rings is 1. The molecular weight excluding hydrogens is 305 g/mol. The third-order valence-electron chi connectivity index (χ3n) is 4.31. The van der Waals surface area contributed by atoms with E-state index in [1.807, 2.05) is 0 Å².